The number of aromatic nitrogens is 1. The van der Waals surface area contributed by atoms with Crippen LogP contribution in [0.2, 0.25) is 0 Å². The molecule has 0 saturated carbocycles. The van der Waals surface area contributed by atoms with Gasteiger partial charge in [-0.2, -0.15) is 0 Å². The Bertz CT molecular complexity index is 1000. The Morgan fingerprint density at radius 1 is 1.04 bits per heavy atom. The number of anilines is 2. The van der Waals surface area contributed by atoms with E-state index in [-0.39, 0.29) is 5.91 Å². The van der Waals surface area contributed by atoms with Gasteiger partial charge in [-0.25, -0.2) is 9.78 Å². The lowest BCUT2D eigenvalue weighted by Crippen LogP contribution is -2.33. The lowest BCUT2D eigenvalue weighted by molar-refractivity contribution is 0.0601. The molecule has 0 spiro atoms. The fourth-order valence-corrected chi connectivity index (χ4v) is 3.24. The van der Waals surface area contributed by atoms with E-state index in [4.69, 9.17) is 4.74 Å². The maximum atomic E-state index is 13.0. The molecule has 1 atom stereocenters. The molecule has 1 unspecified atom stereocenters. The highest BCUT2D eigenvalue weighted by Gasteiger charge is 2.38. The maximum absolute atomic E-state index is 13.0. The fourth-order valence-electron chi connectivity index (χ4n) is 3.24. The van der Waals surface area contributed by atoms with Crippen LogP contribution in [0.15, 0.2) is 72.9 Å². The van der Waals surface area contributed by atoms with E-state index in [9.17, 15) is 9.59 Å². The van der Waals surface area contributed by atoms with Gasteiger partial charge in [0.2, 0.25) is 0 Å². The Morgan fingerprint density at radius 2 is 1.78 bits per heavy atom. The van der Waals surface area contributed by atoms with Gasteiger partial charge in [0.1, 0.15) is 12.0 Å². The average Bonchev–Trinajstić information content (AvgIpc) is 3.00. The summed E-state index contributed by atoms with van der Waals surface area (Å²) in [7, 11) is 1.34. The van der Waals surface area contributed by atoms with Crippen molar-refractivity contribution in [1.82, 2.24) is 4.98 Å². The van der Waals surface area contributed by atoms with Gasteiger partial charge in [-0.15, -0.1) is 0 Å². The average molecular weight is 359 g/mol. The van der Waals surface area contributed by atoms with Crippen LogP contribution in [-0.4, -0.2) is 24.0 Å². The number of carbonyl (C=O) groups excluding carboxylic acids is 2. The summed E-state index contributed by atoms with van der Waals surface area (Å²) in [4.78, 5) is 31.1. The molecule has 0 bridgehead atoms. The zero-order valence-corrected chi connectivity index (χ0v) is 14.6. The predicted octanol–water partition coefficient (Wildman–Crippen LogP) is 3.64. The van der Waals surface area contributed by atoms with Gasteiger partial charge in [0.05, 0.1) is 18.4 Å². The summed E-state index contributed by atoms with van der Waals surface area (Å²) in [5.41, 5.74) is 2.42. The number of amides is 1. The first-order valence-electron chi connectivity index (χ1n) is 8.48. The van der Waals surface area contributed by atoms with Crippen LogP contribution >= 0.6 is 0 Å². The lowest BCUT2D eigenvalue weighted by atomic mass is 10.1. The number of nitrogens with zero attached hydrogens (tertiary/aromatic N) is 2. The highest BCUT2D eigenvalue weighted by Crippen LogP contribution is 2.37. The summed E-state index contributed by atoms with van der Waals surface area (Å²) in [5, 5.41) is 3.32. The van der Waals surface area contributed by atoms with E-state index in [0.29, 0.717) is 22.6 Å². The largest absolute Gasteiger partial charge is 0.465 e. The van der Waals surface area contributed by atoms with Crippen molar-refractivity contribution in [2.45, 2.75) is 6.17 Å². The predicted molar refractivity (Wildman–Crippen MR) is 102 cm³/mol. The van der Waals surface area contributed by atoms with Gasteiger partial charge in [-0.05, 0) is 30.3 Å². The molecule has 0 radical (unpaired) electrons. The molecule has 2 aromatic carbocycles. The van der Waals surface area contributed by atoms with Gasteiger partial charge in [0, 0.05) is 17.3 Å². The van der Waals surface area contributed by atoms with Crippen molar-refractivity contribution in [3.63, 3.8) is 0 Å². The van der Waals surface area contributed by atoms with Crippen LogP contribution < -0.4 is 10.2 Å². The number of nitrogens with one attached hydrogen (secondary N) is 1. The monoisotopic (exact) mass is 359 g/mol. The third-order valence-corrected chi connectivity index (χ3v) is 4.48. The first-order valence-corrected chi connectivity index (χ1v) is 8.48. The van der Waals surface area contributed by atoms with Gasteiger partial charge in [0.25, 0.3) is 5.91 Å². The summed E-state index contributed by atoms with van der Waals surface area (Å²) < 4.78 is 4.87. The van der Waals surface area contributed by atoms with Crippen LogP contribution in [0, 0.1) is 0 Å². The second-order valence-electron chi connectivity index (χ2n) is 6.03. The van der Waals surface area contributed by atoms with Gasteiger partial charge in [-0.1, -0.05) is 36.4 Å². The highest BCUT2D eigenvalue weighted by molar-refractivity contribution is 6.11. The lowest BCUT2D eigenvalue weighted by Gasteiger charge is -2.27. The van der Waals surface area contributed by atoms with Gasteiger partial charge >= 0.3 is 5.97 Å². The number of hydrogen-bond donors (Lipinski definition) is 1. The molecule has 0 aliphatic carbocycles. The smallest absolute Gasteiger partial charge is 0.339 e. The van der Waals surface area contributed by atoms with E-state index in [1.807, 2.05) is 30.3 Å². The molecular weight excluding hydrogens is 342 g/mol. The molecule has 3 aromatic rings. The molecule has 6 heteroatoms. The molecule has 27 heavy (non-hydrogen) atoms. The third kappa shape index (κ3) is 2.91. The molecular formula is C21H17N3O3. The van der Waals surface area contributed by atoms with Crippen molar-refractivity contribution in [3.05, 3.63) is 89.6 Å². The minimum Gasteiger partial charge on any atom is -0.465 e. The second kappa shape index (κ2) is 6.92. The molecule has 0 saturated heterocycles. The number of pyridine rings is 1. The summed E-state index contributed by atoms with van der Waals surface area (Å²) in [5.74, 6) is -0.0517. The first kappa shape index (κ1) is 16.8. The standard InChI is InChI=1S/C21H17N3O3/c1-27-21(26)16-10-4-5-11-17(16)23-19-14-8-2-3-9-15(14)20(25)24(19)18-12-6-7-13-22-18/h2-13,19,23H,1H3. The third-order valence-electron chi connectivity index (χ3n) is 4.48. The van der Waals surface area contributed by atoms with Crippen LogP contribution in [-0.2, 0) is 4.74 Å². The molecule has 1 aliphatic rings. The Morgan fingerprint density at radius 3 is 2.56 bits per heavy atom. The van der Waals surface area contributed by atoms with Gasteiger partial charge in [0.15, 0.2) is 0 Å². The number of carbonyl (C=O) groups is 2. The quantitative estimate of drug-likeness (QED) is 0.720. The molecule has 4 rings (SSSR count). The van der Waals surface area contributed by atoms with Crippen LogP contribution in [0.3, 0.4) is 0 Å². The topological polar surface area (TPSA) is 71.5 Å². The minimum atomic E-state index is -0.491. The number of esters is 1. The first-order chi connectivity index (χ1) is 13.2. The molecule has 6 nitrogen and oxygen atoms in total. The molecule has 2 heterocycles. The summed E-state index contributed by atoms with van der Waals surface area (Å²) >= 11 is 0. The molecule has 0 fully saturated rings. The number of benzene rings is 2. The van der Waals surface area contributed by atoms with E-state index < -0.39 is 12.1 Å². The van der Waals surface area contributed by atoms with E-state index in [1.54, 1.807) is 47.5 Å². The van der Waals surface area contributed by atoms with Gasteiger partial charge in [-0.3, -0.25) is 9.69 Å². The van der Waals surface area contributed by atoms with Gasteiger partial charge < -0.3 is 10.1 Å². The van der Waals surface area contributed by atoms with E-state index in [2.05, 4.69) is 10.3 Å². The molecule has 1 amide bonds. The van der Waals surface area contributed by atoms with Crippen LogP contribution in [0.1, 0.15) is 32.4 Å². The van der Waals surface area contributed by atoms with Crippen LogP contribution in [0.5, 0.6) is 0 Å². The summed E-state index contributed by atoms with van der Waals surface area (Å²) in [6.45, 7) is 0. The fraction of sp³-hybridized carbons (Fsp3) is 0.0952. The van der Waals surface area contributed by atoms with Crippen molar-refractivity contribution >= 4 is 23.4 Å². The number of para-hydroxylation sites is 1. The molecule has 1 aliphatic heterocycles. The zero-order chi connectivity index (χ0) is 18.8. The Hall–Kier alpha value is -3.67. The van der Waals surface area contributed by atoms with E-state index in [1.165, 1.54) is 7.11 Å². The van der Waals surface area contributed by atoms with Crippen molar-refractivity contribution in [2.24, 2.45) is 0 Å². The van der Waals surface area contributed by atoms with E-state index in [0.717, 1.165) is 5.56 Å². The normalized spacial score (nSPS) is 15.4. The number of fused-ring (bicyclic) bond motifs is 1. The summed E-state index contributed by atoms with van der Waals surface area (Å²) in [6, 6.07) is 19.9. The van der Waals surface area contributed by atoms with Crippen molar-refractivity contribution < 1.29 is 14.3 Å². The summed E-state index contributed by atoms with van der Waals surface area (Å²) in [6.07, 6.45) is 1.15. The van der Waals surface area contributed by atoms with Crippen molar-refractivity contribution in [1.29, 1.82) is 0 Å². The number of hydrogen-bond acceptors (Lipinski definition) is 5. The Labute approximate surface area is 156 Å². The molecule has 134 valence electrons. The highest BCUT2D eigenvalue weighted by atomic mass is 16.5. The van der Waals surface area contributed by atoms with Crippen LogP contribution in [0.4, 0.5) is 11.5 Å². The molecule has 1 aromatic heterocycles. The Kier molecular flexibility index (Phi) is 4.30. The zero-order valence-electron chi connectivity index (χ0n) is 14.6. The number of ether oxygens (including phenoxy) is 1. The van der Waals surface area contributed by atoms with Crippen LogP contribution in [0.25, 0.3) is 0 Å². The van der Waals surface area contributed by atoms with Crippen molar-refractivity contribution in [2.75, 3.05) is 17.3 Å². The second-order valence-corrected chi connectivity index (χ2v) is 6.03. The van der Waals surface area contributed by atoms with E-state index >= 15 is 0 Å². The Balaban J connectivity index is 1.80. The number of methoxy groups -OCH3 is 1. The number of rotatable bonds is 4. The SMILES string of the molecule is COC(=O)c1ccccc1NC1c2ccccc2C(=O)N1c1ccccn1. The van der Waals surface area contributed by atoms with Crippen molar-refractivity contribution in [3.8, 4) is 0 Å². The maximum Gasteiger partial charge on any atom is 0.339 e. The minimum absolute atomic E-state index is 0.141. The molecule has 1 N–H and O–H groups in total.